The quantitative estimate of drug-likeness (QED) is 0.764. The van der Waals surface area contributed by atoms with Gasteiger partial charge in [0, 0.05) is 39.4 Å². The van der Waals surface area contributed by atoms with Crippen molar-refractivity contribution >= 4 is 38.6 Å². The molecule has 0 saturated carbocycles. The van der Waals surface area contributed by atoms with Gasteiger partial charge in [-0.1, -0.05) is 22.0 Å². The maximum atomic E-state index is 6.38. The Balaban J connectivity index is 1.88. The maximum absolute atomic E-state index is 6.38. The topological polar surface area (TPSA) is 54.3 Å². The lowest BCUT2D eigenvalue weighted by Gasteiger charge is -2.35. The first-order chi connectivity index (χ1) is 9.74. The van der Waals surface area contributed by atoms with E-state index in [9.17, 15) is 0 Å². The van der Waals surface area contributed by atoms with E-state index in [0.717, 1.165) is 23.2 Å². The van der Waals surface area contributed by atoms with Crippen LogP contribution in [0.25, 0.3) is 10.9 Å². The van der Waals surface area contributed by atoms with Crippen LogP contribution in [0.1, 0.15) is 17.3 Å². The van der Waals surface area contributed by atoms with Crippen LogP contribution in [0.15, 0.2) is 22.7 Å². The SMILES string of the molecule is NC1CSCON2CCc3c([nH]c4cc(Br)ccc34)C12. The second-order valence-corrected chi connectivity index (χ2v) is 7.22. The van der Waals surface area contributed by atoms with Gasteiger partial charge in [-0.3, -0.25) is 4.84 Å². The summed E-state index contributed by atoms with van der Waals surface area (Å²) < 4.78 is 1.09. The van der Waals surface area contributed by atoms with Crippen LogP contribution in [0, 0.1) is 0 Å². The molecule has 2 aliphatic rings. The third kappa shape index (κ3) is 2.02. The largest absolute Gasteiger partial charge is 0.357 e. The van der Waals surface area contributed by atoms with Crippen LogP contribution in [0.3, 0.4) is 0 Å². The number of nitrogens with two attached hydrogens (primary N) is 1. The van der Waals surface area contributed by atoms with Crippen molar-refractivity contribution in [2.45, 2.75) is 18.5 Å². The van der Waals surface area contributed by atoms with Crippen molar-refractivity contribution in [3.63, 3.8) is 0 Å². The molecule has 4 nitrogen and oxygen atoms in total. The van der Waals surface area contributed by atoms with E-state index in [1.807, 2.05) is 0 Å². The van der Waals surface area contributed by atoms with E-state index in [0.29, 0.717) is 5.94 Å². The monoisotopic (exact) mass is 353 g/mol. The van der Waals surface area contributed by atoms with Crippen molar-refractivity contribution in [2.75, 3.05) is 18.2 Å². The highest BCUT2D eigenvalue weighted by Crippen LogP contribution is 2.38. The molecule has 2 unspecified atom stereocenters. The number of H-pyrrole nitrogens is 1. The molecule has 2 aliphatic heterocycles. The maximum Gasteiger partial charge on any atom is 0.114 e. The molecule has 3 N–H and O–H groups in total. The number of nitrogens with zero attached hydrogens (tertiary/aromatic N) is 1. The lowest BCUT2D eigenvalue weighted by atomic mass is 9.95. The molecule has 3 heterocycles. The van der Waals surface area contributed by atoms with Crippen LogP contribution in [-0.2, 0) is 11.3 Å². The summed E-state index contributed by atoms with van der Waals surface area (Å²) in [4.78, 5) is 9.41. The van der Waals surface area contributed by atoms with E-state index in [1.54, 1.807) is 11.8 Å². The van der Waals surface area contributed by atoms with Crippen LogP contribution in [0.2, 0.25) is 0 Å². The molecule has 2 atom stereocenters. The molecule has 1 aromatic carbocycles. The summed E-state index contributed by atoms with van der Waals surface area (Å²) >= 11 is 5.30. The highest BCUT2D eigenvalue weighted by Gasteiger charge is 2.36. The second kappa shape index (κ2) is 5.03. The first-order valence-corrected chi connectivity index (χ1v) is 8.71. The number of nitrogens with one attached hydrogen (secondary N) is 1. The molecule has 1 aromatic heterocycles. The fourth-order valence-corrected chi connectivity index (χ4v) is 4.35. The lowest BCUT2D eigenvalue weighted by Crippen LogP contribution is -2.44. The van der Waals surface area contributed by atoms with Gasteiger partial charge in [0.05, 0.1) is 6.04 Å². The molecular formula is C14H16BrN3OS. The third-order valence-electron chi connectivity index (χ3n) is 4.11. The first kappa shape index (κ1) is 13.2. The molecule has 0 bridgehead atoms. The summed E-state index contributed by atoms with van der Waals surface area (Å²) in [6, 6.07) is 6.65. The van der Waals surface area contributed by atoms with Crippen molar-refractivity contribution in [1.82, 2.24) is 10.0 Å². The first-order valence-electron chi connectivity index (χ1n) is 6.77. The van der Waals surface area contributed by atoms with Gasteiger partial charge >= 0.3 is 0 Å². The zero-order valence-electron chi connectivity index (χ0n) is 10.9. The number of halogens is 1. The van der Waals surface area contributed by atoms with Gasteiger partial charge in [-0.2, -0.15) is 5.06 Å². The van der Waals surface area contributed by atoms with Gasteiger partial charge in [0.1, 0.15) is 5.94 Å². The molecule has 0 spiro atoms. The number of fused-ring (bicyclic) bond motifs is 5. The van der Waals surface area contributed by atoms with Crippen molar-refractivity contribution < 1.29 is 4.84 Å². The minimum atomic E-state index is 0.0954. The van der Waals surface area contributed by atoms with Gasteiger partial charge < -0.3 is 10.7 Å². The molecule has 0 aliphatic carbocycles. The van der Waals surface area contributed by atoms with E-state index < -0.39 is 0 Å². The highest BCUT2D eigenvalue weighted by molar-refractivity contribution is 9.10. The average molecular weight is 354 g/mol. The Hall–Kier alpha value is -0.530. The number of thioether (sulfide) groups is 1. The highest BCUT2D eigenvalue weighted by atomic mass is 79.9. The summed E-state index contributed by atoms with van der Waals surface area (Å²) in [5.74, 6) is 1.63. The number of hydrogen-bond acceptors (Lipinski definition) is 4. The van der Waals surface area contributed by atoms with Crippen LogP contribution < -0.4 is 5.73 Å². The van der Waals surface area contributed by atoms with Crippen LogP contribution in [0.5, 0.6) is 0 Å². The summed E-state index contributed by atoms with van der Waals surface area (Å²) in [6.45, 7) is 0.912. The normalized spacial score (nSPS) is 27.1. The van der Waals surface area contributed by atoms with E-state index in [1.165, 1.54) is 22.2 Å². The van der Waals surface area contributed by atoms with Gasteiger partial charge in [-0.05, 0) is 24.1 Å². The molecule has 106 valence electrons. The summed E-state index contributed by atoms with van der Waals surface area (Å²) in [5.41, 5.74) is 10.2. The molecule has 2 aromatic rings. The van der Waals surface area contributed by atoms with Crippen LogP contribution in [0.4, 0.5) is 0 Å². The molecule has 1 fully saturated rings. The summed E-state index contributed by atoms with van der Waals surface area (Å²) in [7, 11) is 0. The van der Waals surface area contributed by atoms with E-state index >= 15 is 0 Å². The predicted octanol–water partition coefficient (Wildman–Crippen LogP) is 2.79. The fraction of sp³-hybridized carbons (Fsp3) is 0.429. The average Bonchev–Trinajstić information content (AvgIpc) is 2.68. The third-order valence-corrected chi connectivity index (χ3v) is 5.49. The van der Waals surface area contributed by atoms with Gasteiger partial charge in [0.2, 0.25) is 0 Å². The van der Waals surface area contributed by atoms with E-state index in [2.05, 4.69) is 44.2 Å². The molecule has 0 amide bonds. The minimum absolute atomic E-state index is 0.0954. The lowest BCUT2D eigenvalue weighted by molar-refractivity contribution is -0.175. The Labute approximate surface area is 130 Å². The van der Waals surface area contributed by atoms with Crippen molar-refractivity contribution in [3.05, 3.63) is 33.9 Å². The zero-order chi connectivity index (χ0) is 13.7. The van der Waals surface area contributed by atoms with E-state index in [4.69, 9.17) is 10.6 Å². The summed E-state index contributed by atoms with van der Waals surface area (Å²) in [5, 5.41) is 3.38. The number of hydroxylamine groups is 2. The van der Waals surface area contributed by atoms with Gasteiger partial charge in [-0.25, -0.2) is 0 Å². The molecule has 1 saturated heterocycles. The van der Waals surface area contributed by atoms with Gasteiger partial charge in [-0.15, -0.1) is 11.8 Å². The van der Waals surface area contributed by atoms with Crippen LogP contribution >= 0.6 is 27.7 Å². The number of rotatable bonds is 0. The number of aromatic nitrogens is 1. The molecule has 0 radical (unpaired) electrons. The number of benzene rings is 1. The number of aromatic amines is 1. The smallest absolute Gasteiger partial charge is 0.114 e. The fourth-order valence-electron chi connectivity index (χ4n) is 3.23. The molecule has 4 rings (SSSR count). The minimum Gasteiger partial charge on any atom is -0.357 e. The molecular weight excluding hydrogens is 338 g/mol. The molecule has 6 heteroatoms. The Morgan fingerprint density at radius 3 is 3.25 bits per heavy atom. The summed E-state index contributed by atoms with van der Waals surface area (Å²) in [6.07, 6.45) is 1.00. The molecule has 20 heavy (non-hydrogen) atoms. The van der Waals surface area contributed by atoms with Crippen molar-refractivity contribution in [1.29, 1.82) is 0 Å². The Morgan fingerprint density at radius 2 is 2.35 bits per heavy atom. The van der Waals surface area contributed by atoms with Crippen molar-refractivity contribution in [3.8, 4) is 0 Å². The van der Waals surface area contributed by atoms with E-state index in [-0.39, 0.29) is 12.1 Å². The Bertz CT molecular complexity index is 659. The second-order valence-electron chi connectivity index (χ2n) is 5.32. The number of hydrogen-bond donors (Lipinski definition) is 2. The zero-order valence-corrected chi connectivity index (χ0v) is 13.3. The van der Waals surface area contributed by atoms with Crippen LogP contribution in [-0.4, -0.2) is 34.3 Å². The predicted molar refractivity (Wildman–Crippen MR) is 85.5 cm³/mol. The van der Waals surface area contributed by atoms with Gasteiger partial charge in [0.25, 0.3) is 0 Å². The van der Waals surface area contributed by atoms with Gasteiger partial charge in [0.15, 0.2) is 0 Å². The Kier molecular flexibility index (Phi) is 3.31. The van der Waals surface area contributed by atoms with Crippen molar-refractivity contribution in [2.24, 2.45) is 5.73 Å². The Morgan fingerprint density at radius 1 is 1.45 bits per heavy atom. The standard InChI is InChI=1S/C14H16BrN3OS/c15-8-1-2-9-10-3-4-18-14(11(16)6-20-7-19-18)13(10)17-12(9)5-8/h1-2,5,11,14,17H,3-4,6-7,16H2.